The maximum atomic E-state index is 5.85. The third-order valence-electron chi connectivity index (χ3n) is 2.48. The Kier molecular flexibility index (Phi) is 6.85. The van der Waals surface area contributed by atoms with Crippen LogP contribution in [0.25, 0.3) is 0 Å². The fourth-order valence-electron chi connectivity index (χ4n) is 1.49. The van der Waals surface area contributed by atoms with Crippen molar-refractivity contribution in [2.24, 2.45) is 0 Å². The normalized spacial score (nSPS) is 12.7. The smallest absolute Gasteiger partial charge is 0.129 e. The van der Waals surface area contributed by atoms with Crippen LogP contribution in [0.2, 0.25) is 5.15 Å². The lowest BCUT2D eigenvalue weighted by Gasteiger charge is -2.14. The average Bonchev–Trinajstić information content (AvgIpc) is 2.28. The van der Waals surface area contributed by atoms with E-state index in [0.29, 0.717) is 11.2 Å². The number of halogens is 1. The van der Waals surface area contributed by atoms with Gasteiger partial charge in [-0.2, -0.15) is 11.8 Å². The molecule has 1 unspecified atom stereocenters. The van der Waals surface area contributed by atoms with Crippen molar-refractivity contribution in [3.05, 3.63) is 29.0 Å². The van der Waals surface area contributed by atoms with Crippen molar-refractivity contribution >= 4 is 23.4 Å². The molecule has 1 N–H and O–H groups in total. The Hall–Kier alpha value is -0.250. The molecule has 1 heterocycles. The molecule has 1 atom stereocenters. The zero-order valence-electron chi connectivity index (χ0n) is 9.87. The molecule has 0 aliphatic rings. The van der Waals surface area contributed by atoms with Crippen LogP contribution in [0.15, 0.2) is 18.3 Å². The topological polar surface area (TPSA) is 24.9 Å². The second-order valence-corrected chi connectivity index (χ2v) is 5.16. The maximum Gasteiger partial charge on any atom is 0.129 e. The van der Waals surface area contributed by atoms with Crippen LogP contribution in [0.1, 0.15) is 31.4 Å². The standard InChI is InChI=1S/C12H19ClN2S/c1-10(14-6-3-4-8-16-2)11-5-7-15-12(13)9-11/h5,7,9-10,14H,3-4,6,8H2,1-2H3. The molecule has 1 rings (SSSR count). The molecule has 1 aromatic heterocycles. The average molecular weight is 259 g/mol. The molecule has 0 radical (unpaired) electrons. The molecule has 0 aliphatic heterocycles. The molecule has 0 fully saturated rings. The summed E-state index contributed by atoms with van der Waals surface area (Å²) in [7, 11) is 0. The number of hydrogen-bond donors (Lipinski definition) is 1. The van der Waals surface area contributed by atoms with Gasteiger partial charge in [-0.05, 0) is 56.0 Å². The van der Waals surface area contributed by atoms with Gasteiger partial charge in [0.1, 0.15) is 5.15 Å². The Bertz CT molecular complexity index is 307. The first-order chi connectivity index (χ1) is 7.74. The maximum absolute atomic E-state index is 5.85. The summed E-state index contributed by atoms with van der Waals surface area (Å²) in [5, 5.41) is 4.05. The zero-order chi connectivity index (χ0) is 11.8. The first-order valence-corrected chi connectivity index (χ1v) is 7.35. The molecule has 0 aromatic carbocycles. The van der Waals surface area contributed by atoms with Gasteiger partial charge in [0.25, 0.3) is 0 Å². The van der Waals surface area contributed by atoms with Gasteiger partial charge in [0.05, 0.1) is 0 Å². The Morgan fingerprint density at radius 1 is 1.50 bits per heavy atom. The van der Waals surface area contributed by atoms with Crippen molar-refractivity contribution in [1.82, 2.24) is 10.3 Å². The highest BCUT2D eigenvalue weighted by Crippen LogP contribution is 2.15. The summed E-state index contributed by atoms with van der Waals surface area (Å²) in [5.41, 5.74) is 1.20. The minimum atomic E-state index is 0.342. The summed E-state index contributed by atoms with van der Waals surface area (Å²) in [6.07, 6.45) is 6.40. The van der Waals surface area contributed by atoms with E-state index in [1.807, 2.05) is 23.9 Å². The molecule has 0 saturated carbocycles. The van der Waals surface area contributed by atoms with Crippen LogP contribution in [-0.2, 0) is 0 Å². The van der Waals surface area contributed by atoms with E-state index in [9.17, 15) is 0 Å². The van der Waals surface area contributed by atoms with Gasteiger partial charge in [-0.15, -0.1) is 0 Å². The SMILES string of the molecule is CSCCCCNC(C)c1ccnc(Cl)c1. The molecule has 4 heteroatoms. The minimum absolute atomic E-state index is 0.342. The molecule has 0 amide bonds. The van der Waals surface area contributed by atoms with Crippen LogP contribution in [0.5, 0.6) is 0 Å². The minimum Gasteiger partial charge on any atom is -0.310 e. The summed E-state index contributed by atoms with van der Waals surface area (Å²) in [5.74, 6) is 1.25. The number of thioether (sulfide) groups is 1. The molecule has 1 aromatic rings. The highest BCUT2D eigenvalue weighted by molar-refractivity contribution is 7.98. The Labute approximate surface area is 107 Å². The van der Waals surface area contributed by atoms with Crippen LogP contribution in [-0.4, -0.2) is 23.5 Å². The first kappa shape index (κ1) is 13.8. The van der Waals surface area contributed by atoms with E-state index >= 15 is 0 Å². The van der Waals surface area contributed by atoms with E-state index in [1.54, 1.807) is 6.20 Å². The van der Waals surface area contributed by atoms with Crippen molar-refractivity contribution in [3.8, 4) is 0 Å². The van der Waals surface area contributed by atoms with Crippen LogP contribution in [0, 0.1) is 0 Å². The predicted octanol–water partition coefficient (Wildman–Crippen LogP) is 3.53. The van der Waals surface area contributed by atoms with Gasteiger partial charge < -0.3 is 5.32 Å². The van der Waals surface area contributed by atoms with E-state index in [1.165, 1.54) is 24.2 Å². The van der Waals surface area contributed by atoms with E-state index < -0.39 is 0 Å². The number of unbranched alkanes of at least 4 members (excludes halogenated alkanes) is 1. The largest absolute Gasteiger partial charge is 0.310 e. The molecule has 16 heavy (non-hydrogen) atoms. The highest BCUT2D eigenvalue weighted by Gasteiger charge is 2.04. The van der Waals surface area contributed by atoms with Crippen LogP contribution in [0.3, 0.4) is 0 Å². The van der Waals surface area contributed by atoms with Crippen molar-refractivity contribution in [2.45, 2.75) is 25.8 Å². The van der Waals surface area contributed by atoms with Gasteiger partial charge in [0, 0.05) is 12.2 Å². The second kappa shape index (κ2) is 7.93. The summed E-state index contributed by atoms with van der Waals surface area (Å²) in [6.45, 7) is 3.21. The summed E-state index contributed by atoms with van der Waals surface area (Å²) < 4.78 is 0. The molecule has 2 nitrogen and oxygen atoms in total. The molecular formula is C12H19ClN2S. The quantitative estimate of drug-likeness (QED) is 0.598. The summed E-state index contributed by atoms with van der Waals surface area (Å²) in [6, 6.07) is 4.27. The van der Waals surface area contributed by atoms with E-state index in [4.69, 9.17) is 11.6 Å². The fourth-order valence-corrected chi connectivity index (χ4v) is 2.17. The van der Waals surface area contributed by atoms with Gasteiger partial charge in [0.15, 0.2) is 0 Å². The van der Waals surface area contributed by atoms with E-state index in [2.05, 4.69) is 23.5 Å². The van der Waals surface area contributed by atoms with Gasteiger partial charge in [0.2, 0.25) is 0 Å². The van der Waals surface area contributed by atoms with E-state index in [-0.39, 0.29) is 0 Å². The lowest BCUT2D eigenvalue weighted by Crippen LogP contribution is -2.20. The van der Waals surface area contributed by atoms with Crippen LogP contribution in [0.4, 0.5) is 0 Å². The first-order valence-electron chi connectivity index (χ1n) is 5.58. The Balaban J connectivity index is 2.27. The fraction of sp³-hybridized carbons (Fsp3) is 0.583. The van der Waals surface area contributed by atoms with Crippen molar-refractivity contribution in [1.29, 1.82) is 0 Å². The summed E-state index contributed by atoms with van der Waals surface area (Å²) >= 11 is 7.76. The third kappa shape index (κ3) is 5.19. The van der Waals surface area contributed by atoms with Crippen LogP contribution < -0.4 is 5.32 Å². The predicted molar refractivity (Wildman–Crippen MR) is 73.3 cm³/mol. The van der Waals surface area contributed by atoms with Crippen molar-refractivity contribution in [2.75, 3.05) is 18.6 Å². The number of nitrogens with one attached hydrogen (secondary N) is 1. The monoisotopic (exact) mass is 258 g/mol. The van der Waals surface area contributed by atoms with Gasteiger partial charge >= 0.3 is 0 Å². The molecule has 0 aliphatic carbocycles. The Morgan fingerprint density at radius 2 is 2.31 bits per heavy atom. The molecule has 0 bridgehead atoms. The molecule has 0 spiro atoms. The summed E-state index contributed by atoms with van der Waals surface area (Å²) in [4.78, 5) is 3.98. The second-order valence-electron chi connectivity index (χ2n) is 3.79. The van der Waals surface area contributed by atoms with Crippen LogP contribution >= 0.6 is 23.4 Å². The number of hydrogen-bond acceptors (Lipinski definition) is 3. The Morgan fingerprint density at radius 3 is 3.00 bits per heavy atom. The number of nitrogens with zero attached hydrogens (tertiary/aromatic N) is 1. The number of pyridine rings is 1. The molecule has 90 valence electrons. The highest BCUT2D eigenvalue weighted by atomic mass is 35.5. The number of aromatic nitrogens is 1. The van der Waals surface area contributed by atoms with Gasteiger partial charge in [-0.25, -0.2) is 4.98 Å². The van der Waals surface area contributed by atoms with Crippen molar-refractivity contribution in [3.63, 3.8) is 0 Å². The van der Waals surface area contributed by atoms with Gasteiger partial charge in [-0.1, -0.05) is 11.6 Å². The lowest BCUT2D eigenvalue weighted by molar-refractivity contribution is 0.555. The third-order valence-corrected chi connectivity index (χ3v) is 3.38. The zero-order valence-corrected chi connectivity index (χ0v) is 11.4. The lowest BCUT2D eigenvalue weighted by atomic mass is 10.1. The molecule has 0 saturated heterocycles. The van der Waals surface area contributed by atoms with E-state index in [0.717, 1.165) is 6.54 Å². The number of rotatable bonds is 7. The van der Waals surface area contributed by atoms with Gasteiger partial charge in [-0.3, -0.25) is 0 Å². The van der Waals surface area contributed by atoms with Crippen molar-refractivity contribution < 1.29 is 0 Å². The molecular weight excluding hydrogens is 240 g/mol.